The Morgan fingerprint density at radius 1 is 1.16 bits per heavy atom. The largest absolute Gasteiger partial charge is 0.573 e. The normalized spacial score (nSPS) is 12.6. The van der Waals surface area contributed by atoms with Crippen molar-refractivity contribution in [1.82, 2.24) is 9.88 Å². The third-order valence-corrected chi connectivity index (χ3v) is 4.95. The summed E-state index contributed by atoms with van der Waals surface area (Å²) in [4.78, 5) is 25.5. The number of hydrogen-bond donors (Lipinski definition) is 3. The molecular formula is C21H18F4N2O5. The van der Waals surface area contributed by atoms with Gasteiger partial charge in [-0.2, -0.15) is 0 Å². The summed E-state index contributed by atoms with van der Waals surface area (Å²) in [6, 6.07) is 6.50. The lowest BCUT2D eigenvalue weighted by Crippen LogP contribution is -2.29. The molecule has 1 aromatic heterocycles. The van der Waals surface area contributed by atoms with E-state index < -0.39 is 48.1 Å². The maximum Gasteiger partial charge on any atom is 0.573 e. The fourth-order valence-electron chi connectivity index (χ4n) is 3.56. The summed E-state index contributed by atoms with van der Waals surface area (Å²) in [5, 5.41) is 20.8. The summed E-state index contributed by atoms with van der Waals surface area (Å²) in [6.07, 6.45) is -4.89. The number of alkyl halides is 3. The van der Waals surface area contributed by atoms with Crippen molar-refractivity contribution in [2.24, 2.45) is 0 Å². The first kappa shape index (κ1) is 23.1. The number of halogens is 4. The number of phenolic OH excluding ortho intramolecular Hbond substituents is 1. The Kier molecular flexibility index (Phi) is 6.13. The topological polar surface area (TPSA) is 101 Å². The zero-order valence-electron chi connectivity index (χ0n) is 16.8. The Hall–Kier alpha value is -3.60. The van der Waals surface area contributed by atoms with E-state index in [0.29, 0.717) is 0 Å². The molecule has 11 heteroatoms. The Morgan fingerprint density at radius 2 is 1.78 bits per heavy atom. The third kappa shape index (κ3) is 4.24. The maximum atomic E-state index is 14.9. The number of rotatable bonds is 5. The standard InChI is InChI=1S/C21H18F4N2O5/c1-10(19(30)26-9-28)16-11(2)27(14-7-8-15(29)18(22)17(14)16)20(31)12-3-5-13(6-4-12)32-21(23,24)25/h3-8,10,28-29H,9H2,1-2H3,(H,26,30)/t10-/m0/s1. The van der Waals surface area contributed by atoms with E-state index in [1.54, 1.807) is 0 Å². The molecular weight excluding hydrogens is 436 g/mol. The number of aromatic nitrogens is 1. The van der Waals surface area contributed by atoms with Gasteiger partial charge in [-0.05, 0) is 55.8 Å². The van der Waals surface area contributed by atoms with Crippen LogP contribution in [0.25, 0.3) is 10.9 Å². The van der Waals surface area contributed by atoms with Crippen LogP contribution < -0.4 is 10.1 Å². The number of benzene rings is 2. The molecule has 0 aliphatic carbocycles. The molecule has 0 saturated heterocycles. The number of phenols is 1. The molecule has 3 N–H and O–H groups in total. The molecule has 1 heterocycles. The lowest BCUT2D eigenvalue weighted by Gasteiger charge is -2.13. The first-order valence-electron chi connectivity index (χ1n) is 9.27. The minimum absolute atomic E-state index is 0.0213. The van der Waals surface area contributed by atoms with Crippen LogP contribution in [0.15, 0.2) is 36.4 Å². The highest BCUT2D eigenvalue weighted by Gasteiger charge is 2.32. The SMILES string of the molecule is Cc1c([C@H](C)C(=O)NCO)c2c(F)c(O)ccc2n1C(=O)c1ccc(OC(F)(F)F)cc1. The average molecular weight is 454 g/mol. The predicted molar refractivity (Wildman–Crippen MR) is 105 cm³/mol. The summed E-state index contributed by atoms with van der Waals surface area (Å²) in [5.74, 6) is -4.58. The Labute approximate surface area is 178 Å². The maximum absolute atomic E-state index is 14.9. The van der Waals surface area contributed by atoms with Crippen LogP contribution in [0.1, 0.15) is 34.5 Å². The van der Waals surface area contributed by atoms with Crippen molar-refractivity contribution in [3.05, 3.63) is 59.0 Å². The number of aliphatic hydroxyl groups is 1. The van der Waals surface area contributed by atoms with Gasteiger partial charge in [0.25, 0.3) is 5.91 Å². The number of aliphatic hydroxyl groups excluding tert-OH is 1. The number of hydrogen-bond acceptors (Lipinski definition) is 5. The fourth-order valence-corrected chi connectivity index (χ4v) is 3.56. The average Bonchev–Trinajstić information content (AvgIpc) is 3.01. The minimum Gasteiger partial charge on any atom is -0.505 e. The van der Waals surface area contributed by atoms with E-state index in [-0.39, 0.29) is 27.7 Å². The molecule has 0 aliphatic rings. The Bertz CT molecular complexity index is 1190. The quantitative estimate of drug-likeness (QED) is 0.405. The number of fused-ring (bicyclic) bond motifs is 1. The number of aromatic hydroxyl groups is 1. The fraction of sp³-hybridized carbons (Fsp3) is 0.238. The summed E-state index contributed by atoms with van der Waals surface area (Å²) >= 11 is 0. The van der Waals surface area contributed by atoms with Gasteiger partial charge in [0.1, 0.15) is 12.5 Å². The van der Waals surface area contributed by atoms with Crippen LogP contribution >= 0.6 is 0 Å². The molecule has 7 nitrogen and oxygen atoms in total. The number of carbonyl (C=O) groups excluding carboxylic acids is 2. The van der Waals surface area contributed by atoms with Crippen molar-refractivity contribution < 1.29 is 42.1 Å². The summed E-state index contributed by atoms with van der Waals surface area (Å²) in [7, 11) is 0. The smallest absolute Gasteiger partial charge is 0.505 e. The molecule has 32 heavy (non-hydrogen) atoms. The van der Waals surface area contributed by atoms with Gasteiger partial charge < -0.3 is 20.3 Å². The van der Waals surface area contributed by atoms with Crippen molar-refractivity contribution in [1.29, 1.82) is 0 Å². The minimum atomic E-state index is -4.89. The molecule has 1 amide bonds. The highest BCUT2D eigenvalue weighted by Crippen LogP contribution is 2.37. The van der Waals surface area contributed by atoms with Gasteiger partial charge in [0.05, 0.1) is 11.4 Å². The molecule has 170 valence electrons. The van der Waals surface area contributed by atoms with E-state index in [0.717, 1.165) is 34.9 Å². The number of carbonyl (C=O) groups is 2. The first-order valence-corrected chi connectivity index (χ1v) is 9.27. The third-order valence-electron chi connectivity index (χ3n) is 4.95. The van der Waals surface area contributed by atoms with Crippen LogP contribution in [0.4, 0.5) is 17.6 Å². The van der Waals surface area contributed by atoms with Crippen LogP contribution in [0.3, 0.4) is 0 Å². The van der Waals surface area contributed by atoms with Gasteiger partial charge in [-0.15, -0.1) is 13.2 Å². The molecule has 3 aromatic rings. The van der Waals surface area contributed by atoms with Crippen molar-refractivity contribution in [3.63, 3.8) is 0 Å². The molecule has 3 rings (SSSR count). The lowest BCUT2D eigenvalue weighted by atomic mass is 9.96. The van der Waals surface area contributed by atoms with Crippen LogP contribution in [0.2, 0.25) is 0 Å². The van der Waals surface area contributed by atoms with Crippen LogP contribution in [0.5, 0.6) is 11.5 Å². The van der Waals surface area contributed by atoms with Crippen molar-refractivity contribution in [2.45, 2.75) is 26.1 Å². The van der Waals surface area contributed by atoms with E-state index in [4.69, 9.17) is 5.11 Å². The van der Waals surface area contributed by atoms with Crippen molar-refractivity contribution >= 4 is 22.7 Å². The molecule has 0 unspecified atom stereocenters. The Morgan fingerprint density at radius 3 is 2.34 bits per heavy atom. The molecule has 0 radical (unpaired) electrons. The number of ether oxygens (including phenoxy) is 1. The molecule has 0 aliphatic heterocycles. The second kappa shape index (κ2) is 8.50. The molecule has 0 saturated carbocycles. The lowest BCUT2D eigenvalue weighted by molar-refractivity contribution is -0.274. The van der Waals surface area contributed by atoms with Crippen LogP contribution in [0, 0.1) is 12.7 Å². The van der Waals surface area contributed by atoms with Gasteiger partial charge in [0.15, 0.2) is 11.6 Å². The number of nitrogens with one attached hydrogen (secondary N) is 1. The molecule has 0 spiro atoms. The summed E-state index contributed by atoms with van der Waals surface area (Å²) in [6.45, 7) is 2.25. The van der Waals surface area contributed by atoms with E-state index in [1.807, 2.05) is 0 Å². The molecule has 0 fully saturated rings. The second-order valence-electron chi connectivity index (χ2n) is 6.93. The number of amides is 1. The van der Waals surface area contributed by atoms with Gasteiger partial charge in [-0.25, -0.2) is 4.39 Å². The zero-order chi connectivity index (χ0) is 23.8. The Balaban J connectivity index is 2.15. The molecule has 1 atom stereocenters. The van der Waals surface area contributed by atoms with Crippen molar-refractivity contribution in [2.75, 3.05) is 6.73 Å². The van der Waals surface area contributed by atoms with E-state index in [9.17, 15) is 32.3 Å². The van der Waals surface area contributed by atoms with Gasteiger partial charge in [-0.3, -0.25) is 14.2 Å². The first-order chi connectivity index (χ1) is 15.0. The molecule has 0 bridgehead atoms. The summed E-state index contributed by atoms with van der Waals surface area (Å²) < 4.78 is 56.8. The summed E-state index contributed by atoms with van der Waals surface area (Å²) in [5.41, 5.74) is 0.333. The van der Waals surface area contributed by atoms with Gasteiger partial charge in [-0.1, -0.05) is 0 Å². The predicted octanol–water partition coefficient (Wildman–Crippen LogP) is 3.55. The molecule has 2 aromatic carbocycles. The van der Waals surface area contributed by atoms with Crippen LogP contribution in [-0.4, -0.2) is 39.7 Å². The van der Waals surface area contributed by atoms with Gasteiger partial charge in [0.2, 0.25) is 5.91 Å². The highest BCUT2D eigenvalue weighted by molar-refractivity contribution is 6.05. The second-order valence-corrected chi connectivity index (χ2v) is 6.93. The monoisotopic (exact) mass is 454 g/mol. The van der Waals surface area contributed by atoms with E-state index >= 15 is 0 Å². The highest BCUT2D eigenvalue weighted by atomic mass is 19.4. The number of nitrogens with zero attached hydrogens (tertiary/aromatic N) is 1. The zero-order valence-corrected chi connectivity index (χ0v) is 16.8. The van der Waals surface area contributed by atoms with Gasteiger partial charge in [0, 0.05) is 16.6 Å². The van der Waals surface area contributed by atoms with Crippen LogP contribution in [-0.2, 0) is 4.79 Å². The van der Waals surface area contributed by atoms with Gasteiger partial charge >= 0.3 is 6.36 Å². The van der Waals surface area contributed by atoms with Crippen molar-refractivity contribution in [3.8, 4) is 11.5 Å². The van der Waals surface area contributed by atoms with E-state index in [1.165, 1.54) is 19.9 Å². The van der Waals surface area contributed by atoms with E-state index in [2.05, 4.69) is 10.1 Å².